The van der Waals surface area contributed by atoms with Crippen molar-refractivity contribution in [2.24, 2.45) is 0 Å². The number of oxazole rings is 1. The summed E-state index contributed by atoms with van der Waals surface area (Å²) in [5.74, 6) is 1.14. The van der Waals surface area contributed by atoms with E-state index in [1.807, 2.05) is 0 Å². The zero-order valence-corrected chi connectivity index (χ0v) is 11.4. The van der Waals surface area contributed by atoms with Crippen molar-refractivity contribution >= 4 is 0 Å². The van der Waals surface area contributed by atoms with Crippen LogP contribution in [0.15, 0.2) is 28.8 Å². The zero-order chi connectivity index (χ0) is 13.9. The topological polar surface area (TPSA) is 47.3 Å². The van der Waals surface area contributed by atoms with Gasteiger partial charge in [-0.3, -0.25) is 0 Å². The Morgan fingerprint density at radius 2 is 2.30 bits per heavy atom. The van der Waals surface area contributed by atoms with Gasteiger partial charge in [0.05, 0.1) is 13.3 Å². The molecule has 3 rings (SSSR count). The highest BCUT2D eigenvalue weighted by atomic mass is 19.1. The number of halogens is 1. The Bertz CT molecular complexity index is 593. The second kappa shape index (κ2) is 5.63. The first-order valence-electron chi connectivity index (χ1n) is 6.78. The summed E-state index contributed by atoms with van der Waals surface area (Å²) in [5.41, 5.74) is 0.761. The number of benzene rings is 1. The molecule has 0 aliphatic heterocycles. The van der Waals surface area contributed by atoms with Crippen molar-refractivity contribution in [1.82, 2.24) is 10.3 Å². The minimum absolute atomic E-state index is 0.204. The van der Waals surface area contributed by atoms with Gasteiger partial charge in [-0.25, -0.2) is 9.37 Å². The van der Waals surface area contributed by atoms with Crippen LogP contribution in [-0.4, -0.2) is 24.7 Å². The molecule has 5 heteroatoms. The van der Waals surface area contributed by atoms with Crippen LogP contribution in [0.1, 0.15) is 18.7 Å². The lowest BCUT2D eigenvalue weighted by molar-refractivity contribution is 0.386. The van der Waals surface area contributed by atoms with Gasteiger partial charge in [0.2, 0.25) is 0 Å². The minimum Gasteiger partial charge on any atom is -0.494 e. The summed E-state index contributed by atoms with van der Waals surface area (Å²) in [4.78, 5) is 4.25. The summed E-state index contributed by atoms with van der Waals surface area (Å²) in [7, 11) is 1.44. The number of hydrogen-bond acceptors (Lipinski definition) is 4. The number of ether oxygens (including phenoxy) is 1. The van der Waals surface area contributed by atoms with Crippen LogP contribution in [-0.2, 0) is 6.42 Å². The van der Waals surface area contributed by atoms with Gasteiger partial charge in [-0.05, 0) is 31.0 Å². The van der Waals surface area contributed by atoms with E-state index in [1.165, 1.54) is 26.0 Å². The maximum atomic E-state index is 13.4. The van der Waals surface area contributed by atoms with Crippen molar-refractivity contribution in [1.29, 1.82) is 0 Å². The Morgan fingerprint density at radius 3 is 3.05 bits per heavy atom. The van der Waals surface area contributed by atoms with Gasteiger partial charge in [-0.15, -0.1) is 0 Å². The van der Waals surface area contributed by atoms with Gasteiger partial charge in [-0.2, -0.15) is 0 Å². The second-order valence-corrected chi connectivity index (χ2v) is 4.95. The molecule has 1 aromatic heterocycles. The Kier molecular flexibility index (Phi) is 3.69. The fourth-order valence-corrected chi connectivity index (χ4v) is 2.04. The smallest absolute Gasteiger partial charge is 0.196 e. The van der Waals surface area contributed by atoms with Crippen LogP contribution in [0.25, 0.3) is 11.3 Å². The maximum Gasteiger partial charge on any atom is 0.196 e. The molecular formula is C15H17FN2O2. The van der Waals surface area contributed by atoms with E-state index in [2.05, 4.69) is 10.3 Å². The third-order valence-electron chi connectivity index (χ3n) is 3.34. The highest BCUT2D eigenvalue weighted by Gasteiger charge is 2.20. The van der Waals surface area contributed by atoms with E-state index in [0.29, 0.717) is 17.7 Å². The predicted octanol–water partition coefficient (Wildman–Crippen LogP) is 2.78. The van der Waals surface area contributed by atoms with Crippen LogP contribution in [0.3, 0.4) is 0 Å². The number of nitrogens with zero attached hydrogens (tertiary/aromatic N) is 1. The van der Waals surface area contributed by atoms with Crippen LogP contribution in [0.4, 0.5) is 4.39 Å². The Hall–Kier alpha value is -1.88. The van der Waals surface area contributed by atoms with E-state index in [0.717, 1.165) is 18.5 Å². The Morgan fingerprint density at radius 1 is 1.45 bits per heavy atom. The minimum atomic E-state index is -0.385. The molecule has 0 spiro atoms. The largest absolute Gasteiger partial charge is 0.494 e. The van der Waals surface area contributed by atoms with E-state index in [9.17, 15) is 4.39 Å². The lowest BCUT2D eigenvalue weighted by Gasteiger charge is -2.03. The zero-order valence-electron chi connectivity index (χ0n) is 11.4. The number of hydrogen-bond donors (Lipinski definition) is 1. The average molecular weight is 276 g/mol. The molecule has 106 valence electrons. The van der Waals surface area contributed by atoms with Gasteiger partial charge >= 0.3 is 0 Å². The molecule has 0 unspecified atom stereocenters. The SMILES string of the molecule is COc1cc(-c2cnc(CCNC3CC3)o2)ccc1F. The number of rotatable bonds is 6. The molecule has 1 aromatic carbocycles. The third-order valence-corrected chi connectivity index (χ3v) is 3.34. The number of nitrogens with one attached hydrogen (secondary N) is 1. The second-order valence-electron chi connectivity index (χ2n) is 4.95. The van der Waals surface area contributed by atoms with Crippen molar-refractivity contribution in [2.45, 2.75) is 25.3 Å². The van der Waals surface area contributed by atoms with Crippen LogP contribution in [0.2, 0.25) is 0 Å². The first-order chi connectivity index (χ1) is 9.76. The monoisotopic (exact) mass is 276 g/mol. The molecule has 1 aliphatic carbocycles. The van der Waals surface area contributed by atoms with Gasteiger partial charge < -0.3 is 14.5 Å². The first-order valence-corrected chi connectivity index (χ1v) is 6.78. The lowest BCUT2D eigenvalue weighted by Crippen LogP contribution is -2.19. The molecule has 1 saturated carbocycles. The van der Waals surface area contributed by atoms with Gasteiger partial charge in [0, 0.05) is 24.6 Å². The molecule has 1 heterocycles. The van der Waals surface area contributed by atoms with Crippen LogP contribution >= 0.6 is 0 Å². The summed E-state index contributed by atoms with van der Waals surface area (Å²) in [6.07, 6.45) is 4.96. The summed E-state index contributed by atoms with van der Waals surface area (Å²) in [5, 5.41) is 3.41. The van der Waals surface area contributed by atoms with E-state index in [1.54, 1.807) is 18.3 Å². The van der Waals surface area contributed by atoms with Crippen molar-refractivity contribution in [3.05, 3.63) is 36.1 Å². The normalized spacial score (nSPS) is 14.5. The molecule has 1 N–H and O–H groups in total. The van der Waals surface area contributed by atoms with Gasteiger partial charge in [-0.1, -0.05) is 0 Å². The highest BCUT2D eigenvalue weighted by molar-refractivity contribution is 5.59. The Balaban J connectivity index is 1.68. The highest BCUT2D eigenvalue weighted by Crippen LogP contribution is 2.27. The molecule has 1 aliphatic rings. The first kappa shape index (κ1) is 13.1. The number of methoxy groups -OCH3 is 1. The lowest BCUT2D eigenvalue weighted by atomic mass is 10.2. The predicted molar refractivity (Wildman–Crippen MR) is 73.2 cm³/mol. The van der Waals surface area contributed by atoms with Gasteiger partial charge in [0.25, 0.3) is 0 Å². The standard InChI is InChI=1S/C15H17FN2O2/c1-19-13-8-10(2-5-12(13)16)14-9-18-15(20-14)6-7-17-11-3-4-11/h2,5,8-9,11,17H,3-4,6-7H2,1H3. The average Bonchev–Trinajstić information content (AvgIpc) is 3.16. The fraction of sp³-hybridized carbons (Fsp3) is 0.400. The van der Waals surface area contributed by atoms with Crippen molar-refractivity contribution < 1.29 is 13.5 Å². The molecular weight excluding hydrogens is 259 g/mol. The Labute approximate surface area is 117 Å². The van der Waals surface area contributed by atoms with Crippen LogP contribution < -0.4 is 10.1 Å². The molecule has 2 aromatic rings. The van der Waals surface area contributed by atoms with E-state index >= 15 is 0 Å². The van der Waals surface area contributed by atoms with Crippen molar-refractivity contribution in [2.75, 3.05) is 13.7 Å². The third kappa shape index (κ3) is 2.99. The van der Waals surface area contributed by atoms with Crippen LogP contribution in [0.5, 0.6) is 5.75 Å². The summed E-state index contributed by atoms with van der Waals surface area (Å²) >= 11 is 0. The quantitative estimate of drug-likeness (QED) is 0.881. The summed E-state index contributed by atoms with van der Waals surface area (Å²) in [6, 6.07) is 5.32. The number of aromatic nitrogens is 1. The maximum absolute atomic E-state index is 13.4. The van der Waals surface area contributed by atoms with Crippen molar-refractivity contribution in [3.63, 3.8) is 0 Å². The summed E-state index contributed by atoms with van der Waals surface area (Å²) < 4.78 is 24.0. The van der Waals surface area contributed by atoms with E-state index in [-0.39, 0.29) is 11.6 Å². The fourth-order valence-electron chi connectivity index (χ4n) is 2.04. The van der Waals surface area contributed by atoms with E-state index < -0.39 is 0 Å². The van der Waals surface area contributed by atoms with Crippen molar-refractivity contribution in [3.8, 4) is 17.1 Å². The molecule has 0 bridgehead atoms. The molecule has 0 atom stereocenters. The van der Waals surface area contributed by atoms with Gasteiger partial charge in [0.1, 0.15) is 0 Å². The van der Waals surface area contributed by atoms with Gasteiger partial charge in [0.15, 0.2) is 23.2 Å². The summed E-state index contributed by atoms with van der Waals surface area (Å²) in [6.45, 7) is 0.872. The molecule has 0 saturated heterocycles. The molecule has 1 fully saturated rings. The molecule has 0 radical (unpaired) electrons. The molecule has 4 nitrogen and oxygen atoms in total. The van der Waals surface area contributed by atoms with Crippen LogP contribution in [0, 0.1) is 5.82 Å². The molecule has 0 amide bonds. The van der Waals surface area contributed by atoms with E-state index in [4.69, 9.17) is 9.15 Å². The molecule has 20 heavy (non-hydrogen) atoms.